The summed E-state index contributed by atoms with van der Waals surface area (Å²) in [6.45, 7) is 0. The van der Waals surface area contributed by atoms with Crippen LogP contribution in [0.15, 0.2) is 0 Å². The summed E-state index contributed by atoms with van der Waals surface area (Å²) in [6, 6.07) is -1.69. The van der Waals surface area contributed by atoms with Crippen LogP contribution in [-0.4, -0.2) is 83.7 Å². The minimum Gasteiger partial charge on any atom is -0.377 e. The molecule has 0 spiro atoms. The van der Waals surface area contributed by atoms with Gasteiger partial charge in [0.15, 0.2) is 0 Å². The van der Waals surface area contributed by atoms with Crippen LogP contribution in [0.25, 0.3) is 0 Å². The van der Waals surface area contributed by atoms with E-state index >= 15 is 0 Å². The molecule has 0 amide bonds. The van der Waals surface area contributed by atoms with Gasteiger partial charge in [0.05, 0.1) is 0 Å². The van der Waals surface area contributed by atoms with Crippen LogP contribution in [0.1, 0.15) is 6.42 Å². The summed E-state index contributed by atoms with van der Waals surface area (Å²) in [6.07, 6.45) is -19.4. The summed E-state index contributed by atoms with van der Waals surface area (Å²) in [5.74, 6) is -50.1. The highest BCUT2D eigenvalue weighted by Crippen LogP contribution is 2.66. The van der Waals surface area contributed by atoms with Crippen LogP contribution in [0.5, 0.6) is 0 Å². The van der Waals surface area contributed by atoms with Crippen molar-refractivity contribution in [3.8, 4) is 0 Å². The van der Waals surface area contributed by atoms with Crippen LogP contribution in [0.2, 0.25) is 6.04 Å². The zero-order valence-corrected chi connectivity index (χ0v) is 18.8. The number of rotatable bonds is 12. The Bertz CT molecular complexity index is 764. The molecule has 0 N–H and O–H groups in total. The lowest BCUT2D eigenvalue weighted by atomic mass is 9.83. The average molecular weight is 618 g/mol. The van der Waals surface area contributed by atoms with Gasteiger partial charge in [-0.25, -0.2) is 4.39 Å². The van der Waals surface area contributed by atoms with Crippen LogP contribution in [0, 0.1) is 0 Å². The lowest BCUT2D eigenvalue weighted by Gasteiger charge is -2.45. The first-order valence-corrected chi connectivity index (χ1v) is 10.6. The van der Waals surface area contributed by atoms with Crippen molar-refractivity contribution in [2.45, 2.75) is 66.0 Å². The summed E-state index contributed by atoms with van der Waals surface area (Å²) < 4.78 is 266. The van der Waals surface area contributed by atoms with Crippen molar-refractivity contribution in [1.82, 2.24) is 0 Å². The molecule has 0 aliphatic rings. The monoisotopic (exact) mass is 618 g/mol. The Morgan fingerprint density at radius 1 is 0.432 bits per heavy atom. The minimum absolute atomic E-state index is 0.616. The van der Waals surface area contributed by atoms with Crippen molar-refractivity contribution in [2.24, 2.45) is 0 Å². The molecule has 0 fully saturated rings. The Kier molecular flexibility index (Phi) is 9.42. The van der Waals surface area contributed by atoms with Crippen LogP contribution in [0.3, 0.4) is 0 Å². The van der Waals surface area contributed by atoms with Gasteiger partial charge in [0.1, 0.15) is 0 Å². The third-order valence-electron chi connectivity index (χ3n) is 4.93. The molecule has 0 radical (unpaired) electrons. The second kappa shape index (κ2) is 9.75. The summed E-state index contributed by atoms with van der Waals surface area (Å²) in [7, 11) is -2.61. The average Bonchev–Trinajstić information content (AvgIpc) is 2.72. The van der Waals surface area contributed by atoms with Crippen LogP contribution in [-0.2, 0) is 13.3 Å². The van der Waals surface area contributed by atoms with E-state index in [1.807, 2.05) is 0 Å². The molecule has 0 saturated heterocycles. The number of halogens is 19. The maximum absolute atomic E-state index is 13.9. The molecule has 0 aliphatic heterocycles. The third-order valence-corrected chi connectivity index (χ3v) is 7.66. The molecule has 224 valence electrons. The first-order valence-electron chi connectivity index (χ1n) is 8.63. The Balaban J connectivity index is 6.89. The Morgan fingerprint density at radius 2 is 0.703 bits per heavy atom. The maximum Gasteiger partial charge on any atom is 0.500 e. The first-order chi connectivity index (χ1) is 15.9. The largest absolute Gasteiger partial charge is 0.500 e. The molecule has 0 rings (SSSR count). The van der Waals surface area contributed by atoms with Crippen molar-refractivity contribution in [3.05, 3.63) is 0 Å². The smallest absolute Gasteiger partial charge is 0.377 e. The molecule has 0 atom stereocenters. The van der Waals surface area contributed by atoms with E-state index in [4.69, 9.17) is 0 Å². The van der Waals surface area contributed by atoms with E-state index in [0.717, 1.165) is 0 Å². The van der Waals surface area contributed by atoms with Gasteiger partial charge in [-0.3, -0.25) is 0 Å². The van der Waals surface area contributed by atoms with Gasteiger partial charge < -0.3 is 13.3 Å². The molecule has 0 aliphatic carbocycles. The molecule has 0 heterocycles. The van der Waals surface area contributed by atoms with Gasteiger partial charge in [-0.15, -0.1) is 0 Å². The zero-order valence-electron chi connectivity index (χ0n) is 17.8. The first kappa shape index (κ1) is 35.8. The van der Waals surface area contributed by atoms with Crippen molar-refractivity contribution in [1.29, 1.82) is 0 Å². The number of hydrogen-bond donors (Lipinski definition) is 0. The highest BCUT2D eigenvalue weighted by molar-refractivity contribution is 6.60. The molecular weight excluding hydrogens is 605 g/mol. The molecule has 37 heavy (non-hydrogen) atoms. The van der Waals surface area contributed by atoms with Gasteiger partial charge in [0.2, 0.25) is 0 Å². The molecule has 3 nitrogen and oxygen atoms in total. The third kappa shape index (κ3) is 4.96. The predicted molar refractivity (Wildman–Crippen MR) is 81.8 cm³/mol. The summed E-state index contributed by atoms with van der Waals surface area (Å²) in [4.78, 5) is 0. The van der Waals surface area contributed by atoms with Crippen LogP contribution in [0.4, 0.5) is 83.4 Å². The zero-order chi connectivity index (χ0) is 30.5. The Labute approximate surface area is 194 Å². The standard InChI is InChI=1S/C14H13F19O3Si/c1-34-37(35-2,36-3)5-4-6(15,16)8(18,19)10(22,23)12(26,27)11(24,25)9(20,21)7(17,13(28,29)30)14(31,32)33/h4-5H2,1-3H3. The molecule has 23 heteroatoms. The topological polar surface area (TPSA) is 27.7 Å². The molecule has 0 bridgehead atoms. The van der Waals surface area contributed by atoms with Crippen molar-refractivity contribution >= 4 is 8.80 Å². The van der Waals surface area contributed by atoms with E-state index in [1.165, 1.54) is 0 Å². The van der Waals surface area contributed by atoms with E-state index < -0.39 is 74.8 Å². The minimum atomic E-state index is -9.03. The fourth-order valence-electron chi connectivity index (χ4n) is 2.58. The second-order valence-corrected chi connectivity index (χ2v) is 10.1. The van der Waals surface area contributed by atoms with Gasteiger partial charge in [0, 0.05) is 33.8 Å². The highest BCUT2D eigenvalue weighted by Gasteiger charge is 2.98. The SMILES string of the molecule is CO[Si](CCC(F)(F)C(F)(F)C(F)(F)C(F)(F)C(F)(F)C(F)(F)C(F)(C(F)(F)F)C(F)(F)F)(OC)OC. The van der Waals surface area contributed by atoms with Gasteiger partial charge >= 0.3 is 62.4 Å². The fourth-order valence-corrected chi connectivity index (χ4v) is 4.31. The Morgan fingerprint density at radius 3 is 0.973 bits per heavy atom. The lowest BCUT2D eigenvalue weighted by Crippen LogP contribution is -2.77. The van der Waals surface area contributed by atoms with Crippen LogP contribution < -0.4 is 0 Å². The van der Waals surface area contributed by atoms with E-state index in [2.05, 4.69) is 13.3 Å². The summed E-state index contributed by atoms with van der Waals surface area (Å²) >= 11 is 0. The Hall–Kier alpha value is -1.23. The van der Waals surface area contributed by atoms with Gasteiger partial charge in [-0.2, -0.15) is 79.0 Å². The number of hydrogen-bond acceptors (Lipinski definition) is 3. The summed E-state index contributed by atoms with van der Waals surface area (Å²) in [5.41, 5.74) is -8.76. The van der Waals surface area contributed by atoms with E-state index in [0.29, 0.717) is 21.3 Å². The van der Waals surface area contributed by atoms with Gasteiger partial charge in [0.25, 0.3) is 0 Å². The predicted octanol–water partition coefficient (Wildman–Crippen LogP) is 6.90. The summed E-state index contributed by atoms with van der Waals surface area (Å²) in [5, 5.41) is 0. The van der Waals surface area contributed by atoms with Crippen molar-refractivity contribution < 1.29 is 96.7 Å². The second-order valence-electron chi connectivity index (χ2n) is 7.03. The molecule has 0 saturated carbocycles. The normalized spacial score (nSPS) is 16.4. The fraction of sp³-hybridized carbons (Fsp3) is 1.00. The number of alkyl halides is 19. The molecular formula is C14H13F19O3Si. The van der Waals surface area contributed by atoms with E-state index in [9.17, 15) is 83.4 Å². The van der Waals surface area contributed by atoms with Crippen molar-refractivity contribution in [2.75, 3.05) is 21.3 Å². The van der Waals surface area contributed by atoms with Crippen molar-refractivity contribution in [3.63, 3.8) is 0 Å². The quantitative estimate of drug-likeness (QED) is 0.176. The van der Waals surface area contributed by atoms with E-state index in [1.54, 1.807) is 0 Å². The molecule has 0 unspecified atom stereocenters. The lowest BCUT2D eigenvalue weighted by molar-refractivity contribution is -0.472. The molecule has 0 aromatic rings. The highest BCUT2D eigenvalue weighted by atomic mass is 28.4. The van der Waals surface area contributed by atoms with Gasteiger partial charge in [-0.1, -0.05) is 0 Å². The molecule has 0 aromatic heterocycles. The molecule has 0 aromatic carbocycles. The van der Waals surface area contributed by atoms with Gasteiger partial charge in [-0.05, 0) is 0 Å². The van der Waals surface area contributed by atoms with Crippen LogP contribution >= 0.6 is 0 Å². The maximum atomic E-state index is 13.9. The van der Waals surface area contributed by atoms with E-state index in [-0.39, 0.29) is 0 Å².